The van der Waals surface area contributed by atoms with Gasteiger partial charge in [-0.15, -0.1) is 6.58 Å². The molecule has 0 saturated carbocycles. The summed E-state index contributed by atoms with van der Waals surface area (Å²) in [4.78, 5) is 0.0813. The van der Waals surface area contributed by atoms with Crippen LogP contribution in [0.15, 0.2) is 40.2 Å². The predicted octanol–water partition coefficient (Wildman–Crippen LogP) is 1.20. The van der Waals surface area contributed by atoms with Gasteiger partial charge in [0, 0.05) is 23.2 Å². The molecule has 100 valence electrons. The van der Waals surface area contributed by atoms with Crippen molar-refractivity contribution in [1.29, 1.82) is 0 Å². The van der Waals surface area contributed by atoms with E-state index in [1.165, 1.54) is 12.1 Å². The van der Waals surface area contributed by atoms with E-state index in [9.17, 15) is 8.42 Å². The number of nitrogens with two attached hydrogens (primary N) is 1. The number of sulfonamides is 1. The Bertz CT molecular complexity index is 531. The second-order valence-electron chi connectivity index (χ2n) is 3.57. The summed E-state index contributed by atoms with van der Waals surface area (Å²) in [6.07, 6.45) is 1.47. The van der Waals surface area contributed by atoms with Crippen molar-refractivity contribution in [2.45, 2.75) is 4.90 Å². The van der Waals surface area contributed by atoms with Gasteiger partial charge >= 0.3 is 0 Å². The fraction of sp³-hybridized carbons (Fsp3) is 0.273. The van der Waals surface area contributed by atoms with Gasteiger partial charge < -0.3 is 10.8 Å². The molecule has 0 spiro atoms. The van der Waals surface area contributed by atoms with Crippen molar-refractivity contribution < 1.29 is 13.5 Å². The summed E-state index contributed by atoms with van der Waals surface area (Å²) in [5.41, 5.74) is 5.96. The Labute approximate surface area is 115 Å². The molecule has 0 amide bonds. The Kier molecular flexibility index (Phi) is 5.33. The standard InChI is InChI=1S/C11H15BrN2O3S/c1-2-5-14(6-7-15)18(16,17)11-8-9(13)3-4-10(11)12/h2-4,8,15H,1,5-7,13H2. The molecule has 0 fully saturated rings. The van der Waals surface area contributed by atoms with Crippen LogP contribution < -0.4 is 5.73 Å². The van der Waals surface area contributed by atoms with Gasteiger partial charge in [0.1, 0.15) is 0 Å². The first-order chi connectivity index (χ1) is 8.43. The summed E-state index contributed by atoms with van der Waals surface area (Å²) in [5.74, 6) is 0. The lowest BCUT2D eigenvalue weighted by Gasteiger charge is -2.20. The van der Waals surface area contributed by atoms with Crippen LogP contribution in [-0.2, 0) is 10.0 Å². The number of nitrogen functional groups attached to an aromatic ring is 1. The maximum Gasteiger partial charge on any atom is 0.244 e. The summed E-state index contributed by atoms with van der Waals surface area (Å²) in [6.45, 7) is 3.39. The topological polar surface area (TPSA) is 83.6 Å². The molecule has 7 heteroatoms. The second kappa shape index (κ2) is 6.33. The van der Waals surface area contributed by atoms with Gasteiger partial charge in [0.15, 0.2) is 0 Å². The Morgan fingerprint density at radius 3 is 2.72 bits per heavy atom. The smallest absolute Gasteiger partial charge is 0.244 e. The highest BCUT2D eigenvalue weighted by Gasteiger charge is 2.25. The molecular formula is C11H15BrN2O3S. The van der Waals surface area contributed by atoms with E-state index in [4.69, 9.17) is 10.8 Å². The van der Waals surface area contributed by atoms with Crippen LogP contribution in [0.5, 0.6) is 0 Å². The van der Waals surface area contributed by atoms with Crippen molar-refractivity contribution in [3.05, 3.63) is 35.3 Å². The second-order valence-corrected chi connectivity index (χ2v) is 6.33. The van der Waals surface area contributed by atoms with E-state index in [1.807, 2.05) is 0 Å². The van der Waals surface area contributed by atoms with Crippen molar-refractivity contribution in [1.82, 2.24) is 4.31 Å². The zero-order chi connectivity index (χ0) is 13.8. The van der Waals surface area contributed by atoms with Crippen molar-refractivity contribution in [2.24, 2.45) is 0 Å². The highest BCUT2D eigenvalue weighted by molar-refractivity contribution is 9.10. The van der Waals surface area contributed by atoms with Crippen LogP contribution in [0.4, 0.5) is 5.69 Å². The van der Waals surface area contributed by atoms with Gasteiger partial charge in [-0.3, -0.25) is 0 Å². The number of aliphatic hydroxyl groups excluding tert-OH is 1. The molecule has 0 aliphatic carbocycles. The molecule has 3 N–H and O–H groups in total. The van der Waals surface area contributed by atoms with E-state index in [1.54, 1.807) is 12.1 Å². The van der Waals surface area contributed by atoms with E-state index in [0.717, 1.165) is 4.31 Å². The molecule has 5 nitrogen and oxygen atoms in total. The van der Waals surface area contributed by atoms with Crippen LogP contribution >= 0.6 is 15.9 Å². The van der Waals surface area contributed by atoms with E-state index < -0.39 is 10.0 Å². The third-order valence-electron chi connectivity index (χ3n) is 2.26. The number of hydrogen-bond acceptors (Lipinski definition) is 4. The third kappa shape index (κ3) is 3.32. The van der Waals surface area contributed by atoms with Crippen molar-refractivity contribution in [3.8, 4) is 0 Å². The summed E-state index contributed by atoms with van der Waals surface area (Å²) < 4.78 is 26.3. The van der Waals surface area contributed by atoms with Gasteiger partial charge in [0.25, 0.3) is 0 Å². The minimum Gasteiger partial charge on any atom is -0.399 e. The number of halogens is 1. The molecule has 0 bridgehead atoms. The van der Waals surface area contributed by atoms with E-state index >= 15 is 0 Å². The fourth-order valence-electron chi connectivity index (χ4n) is 1.42. The Balaban J connectivity index is 3.25. The first-order valence-corrected chi connectivity index (χ1v) is 7.43. The van der Waals surface area contributed by atoms with Crippen molar-refractivity contribution in [3.63, 3.8) is 0 Å². The fourth-order valence-corrected chi connectivity index (χ4v) is 3.78. The minimum absolute atomic E-state index is 0.00952. The number of rotatable bonds is 6. The number of aliphatic hydroxyl groups is 1. The van der Waals surface area contributed by atoms with E-state index in [-0.39, 0.29) is 24.6 Å². The largest absolute Gasteiger partial charge is 0.399 e. The lowest BCUT2D eigenvalue weighted by molar-refractivity contribution is 0.260. The minimum atomic E-state index is -3.70. The number of nitrogens with zero attached hydrogens (tertiary/aromatic N) is 1. The summed E-state index contributed by atoms with van der Waals surface area (Å²) in [7, 11) is -3.70. The van der Waals surface area contributed by atoms with Gasteiger partial charge in [-0.05, 0) is 34.1 Å². The Morgan fingerprint density at radius 1 is 1.50 bits per heavy atom. The average molecular weight is 335 g/mol. The van der Waals surface area contributed by atoms with E-state index in [0.29, 0.717) is 10.2 Å². The van der Waals surface area contributed by atoms with Crippen LogP contribution in [0.1, 0.15) is 0 Å². The summed E-state index contributed by atoms with van der Waals surface area (Å²) in [5, 5.41) is 8.92. The van der Waals surface area contributed by atoms with Crippen LogP contribution in [0.25, 0.3) is 0 Å². The molecule has 0 aliphatic heterocycles. The van der Waals surface area contributed by atoms with Crippen LogP contribution in [0.3, 0.4) is 0 Å². The molecule has 0 aliphatic rings. The number of hydrogen-bond donors (Lipinski definition) is 2. The highest BCUT2D eigenvalue weighted by atomic mass is 79.9. The molecule has 0 radical (unpaired) electrons. The SMILES string of the molecule is C=CCN(CCO)S(=O)(=O)c1cc(N)ccc1Br. The average Bonchev–Trinajstić information content (AvgIpc) is 2.32. The molecule has 0 atom stereocenters. The van der Waals surface area contributed by atoms with Gasteiger partial charge in [-0.25, -0.2) is 8.42 Å². The van der Waals surface area contributed by atoms with Crippen LogP contribution in [0.2, 0.25) is 0 Å². The zero-order valence-electron chi connectivity index (χ0n) is 9.71. The maximum absolute atomic E-state index is 12.4. The quantitative estimate of drug-likeness (QED) is 0.604. The van der Waals surface area contributed by atoms with Crippen LogP contribution in [0, 0.1) is 0 Å². The molecule has 1 aromatic carbocycles. The maximum atomic E-state index is 12.4. The molecule has 18 heavy (non-hydrogen) atoms. The molecule has 0 unspecified atom stereocenters. The molecular weight excluding hydrogens is 320 g/mol. The first kappa shape index (κ1) is 15.2. The van der Waals surface area contributed by atoms with E-state index in [2.05, 4.69) is 22.5 Å². The van der Waals surface area contributed by atoms with Gasteiger partial charge in [-0.2, -0.15) is 4.31 Å². The number of benzene rings is 1. The first-order valence-electron chi connectivity index (χ1n) is 5.20. The summed E-state index contributed by atoms with van der Waals surface area (Å²) >= 11 is 3.19. The third-order valence-corrected chi connectivity index (χ3v) is 5.11. The van der Waals surface area contributed by atoms with Crippen molar-refractivity contribution in [2.75, 3.05) is 25.4 Å². The Morgan fingerprint density at radius 2 is 2.17 bits per heavy atom. The Hall–Kier alpha value is -0.890. The highest BCUT2D eigenvalue weighted by Crippen LogP contribution is 2.26. The van der Waals surface area contributed by atoms with Gasteiger partial charge in [0.2, 0.25) is 10.0 Å². The summed E-state index contributed by atoms with van der Waals surface area (Å²) in [6, 6.07) is 4.56. The monoisotopic (exact) mass is 334 g/mol. The normalized spacial score (nSPS) is 11.7. The molecule has 1 rings (SSSR count). The van der Waals surface area contributed by atoms with Crippen molar-refractivity contribution >= 4 is 31.6 Å². The van der Waals surface area contributed by atoms with Gasteiger partial charge in [-0.1, -0.05) is 6.08 Å². The van der Waals surface area contributed by atoms with Gasteiger partial charge in [0.05, 0.1) is 11.5 Å². The number of anilines is 1. The lowest BCUT2D eigenvalue weighted by atomic mass is 10.3. The lowest BCUT2D eigenvalue weighted by Crippen LogP contribution is -2.34. The van der Waals surface area contributed by atoms with Crippen LogP contribution in [-0.4, -0.2) is 37.5 Å². The molecule has 0 aromatic heterocycles. The molecule has 1 aromatic rings. The molecule has 0 saturated heterocycles. The predicted molar refractivity (Wildman–Crippen MR) is 74.6 cm³/mol. The molecule has 0 heterocycles. The zero-order valence-corrected chi connectivity index (χ0v) is 12.1.